The number of methoxy groups -OCH3 is 2. The van der Waals surface area contributed by atoms with Crippen LogP contribution in [-0.2, 0) is 30.7 Å². The maximum atomic E-state index is 13.5. The number of likely N-dealkylation sites (N-methyl/N-ethyl adjacent to an activating group) is 1. The lowest BCUT2D eigenvalue weighted by atomic mass is 9.80. The van der Waals surface area contributed by atoms with Crippen LogP contribution in [0.2, 0.25) is 0 Å². The molecular formula is C43H56N5O8P. The Kier molecular flexibility index (Phi) is 15.6. The number of nitrogens with zero attached hydrogens (tertiary/aromatic N) is 4. The Balaban J connectivity index is 1.61. The predicted octanol–water partition coefficient (Wildman–Crippen LogP) is 6.62. The molecule has 306 valence electrons. The first-order chi connectivity index (χ1) is 27.4. The molecule has 1 aromatic heterocycles. The van der Waals surface area contributed by atoms with Crippen LogP contribution in [0.25, 0.3) is 0 Å². The molecule has 0 bridgehead atoms. The quantitative estimate of drug-likeness (QED) is 0.0586. The van der Waals surface area contributed by atoms with E-state index < -0.39 is 43.7 Å². The molecule has 1 unspecified atom stereocenters. The van der Waals surface area contributed by atoms with Gasteiger partial charge in [-0.1, -0.05) is 54.6 Å². The Bertz CT molecular complexity index is 1960. The fourth-order valence-electron chi connectivity index (χ4n) is 7.10. The maximum Gasteiger partial charge on any atom is 0.328 e. The van der Waals surface area contributed by atoms with Gasteiger partial charge in [-0.3, -0.25) is 14.3 Å². The SMILES string of the molecule is COc1ccc(C(OC[C@H]2O[C@@H](c3cn(CCN(C)C)c(=O)[nH]c3=O)C[C@@H]2OP(OCCC#N)N(C(C)C)C(C)C)(c2ccccc2)c2ccc(OC)cc2)cc1. The Labute approximate surface area is 337 Å². The van der Waals surface area contributed by atoms with Crippen molar-refractivity contribution >= 4 is 8.53 Å². The Morgan fingerprint density at radius 2 is 1.49 bits per heavy atom. The van der Waals surface area contributed by atoms with E-state index in [0.29, 0.717) is 30.2 Å². The van der Waals surface area contributed by atoms with Gasteiger partial charge in [0.1, 0.15) is 23.2 Å². The summed E-state index contributed by atoms with van der Waals surface area (Å²) in [7, 11) is 5.42. The number of ether oxygens (including phenoxy) is 4. The second kappa shape index (κ2) is 20.4. The van der Waals surface area contributed by atoms with Crippen molar-refractivity contribution in [3.8, 4) is 17.6 Å². The van der Waals surface area contributed by atoms with Crippen molar-refractivity contribution < 1.29 is 28.0 Å². The van der Waals surface area contributed by atoms with Gasteiger partial charge in [0, 0.05) is 37.8 Å². The normalized spacial score (nSPS) is 17.7. The van der Waals surface area contributed by atoms with E-state index in [1.165, 1.54) is 4.57 Å². The monoisotopic (exact) mass is 801 g/mol. The van der Waals surface area contributed by atoms with Gasteiger partial charge in [0.2, 0.25) is 0 Å². The third-order valence-electron chi connectivity index (χ3n) is 9.90. The van der Waals surface area contributed by atoms with E-state index in [9.17, 15) is 14.9 Å². The molecule has 14 heteroatoms. The Hall–Kier alpha value is -4.38. The van der Waals surface area contributed by atoms with Gasteiger partial charge in [-0.05, 0) is 82.7 Å². The van der Waals surface area contributed by atoms with Crippen LogP contribution in [-0.4, -0.2) is 91.5 Å². The van der Waals surface area contributed by atoms with Crippen molar-refractivity contribution in [1.82, 2.24) is 19.1 Å². The fraction of sp³-hybridized carbons (Fsp3) is 0.465. The van der Waals surface area contributed by atoms with Crippen molar-refractivity contribution in [2.75, 3.05) is 48.1 Å². The molecule has 1 fully saturated rings. The van der Waals surface area contributed by atoms with Crippen molar-refractivity contribution in [3.05, 3.63) is 128 Å². The molecule has 1 aliphatic rings. The highest BCUT2D eigenvalue weighted by molar-refractivity contribution is 7.44. The van der Waals surface area contributed by atoms with E-state index in [1.807, 2.05) is 97.9 Å². The summed E-state index contributed by atoms with van der Waals surface area (Å²) in [4.78, 5) is 30.8. The summed E-state index contributed by atoms with van der Waals surface area (Å²) in [6.07, 6.45) is 0.0624. The Morgan fingerprint density at radius 3 is 2.02 bits per heavy atom. The number of nitriles is 1. The summed E-state index contributed by atoms with van der Waals surface area (Å²) in [5, 5.41) is 9.36. The Morgan fingerprint density at radius 1 is 0.912 bits per heavy atom. The van der Waals surface area contributed by atoms with E-state index in [-0.39, 0.29) is 38.1 Å². The van der Waals surface area contributed by atoms with Gasteiger partial charge < -0.3 is 32.9 Å². The maximum absolute atomic E-state index is 13.5. The summed E-state index contributed by atoms with van der Waals surface area (Å²) in [6.45, 7) is 9.53. The van der Waals surface area contributed by atoms with Gasteiger partial charge in [0.15, 0.2) is 0 Å². The average Bonchev–Trinajstić information content (AvgIpc) is 3.60. The van der Waals surface area contributed by atoms with Crippen molar-refractivity contribution in [2.24, 2.45) is 0 Å². The topological polar surface area (TPSA) is 141 Å². The van der Waals surface area contributed by atoms with Crippen LogP contribution in [0, 0.1) is 11.3 Å². The van der Waals surface area contributed by atoms with Crippen LogP contribution < -0.4 is 20.7 Å². The average molecular weight is 802 g/mol. The minimum Gasteiger partial charge on any atom is -0.497 e. The van der Waals surface area contributed by atoms with Gasteiger partial charge in [-0.2, -0.15) is 5.26 Å². The molecule has 1 saturated heterocycles. The first kappa shape index (κ1) is 43.7. The largest absolute Gasteiger partial charge is 0.497 e. The number of hydrogen-bond acceptors (Lipinski definition) is 11. The summed E-state index contributed by atoms with van der Waals surface area (Å²) >= 11 is 0. The number of H-pyrrole nitrogens is 1. The van der Waals surface area contributed by atoms with Crippen LogP contribution >= 0.6 is 8.53 Å². The summed E-state index contributed by atoms with van der Waals surface area (Å²) in [5.74, 6) is 1.40. The third-order valence-corrected chi connectivity index (χ3v) is 12.1. The van der Waals surface area contributed by atoms with Crippen LogP contribution in [0.3, 0.4) is 0 Å². The van der Waals surface area contributed by atoms with E-state index >= 15 is 0 Å². The molecule has 2 heterocycles. The first-order valence-corrected chi connectivity index (χ1v) is 20.4. The lowest BCUT2D eigenvalue weighted by Crippen LogP contribution is -2.39. The zero-order chi connectivity index (χ0) is 41.1. The van der Waals surface area contributed by atoms with E-state index in [1.54, 1.807) is 20.4 Å². The lowest BCUT2D eigenvalue weighted by molar-refractivity contribution is -0.0809. The standard InChI is InChI=1S/C43H56N5O8P/c1-30(2)48(31(3)4)57(54-26-12-23-44)56-39-27-38(37-28-47(25-24-46(5)6)42(50)45-41(37)49)55-40(39)29-53-43(32-13-10-9-11-14-32,33-15-19-35(51-7)20-16-33)34-17-21-36(52-8)22-18-34/h9-11,13-22,28,30-31,38-40H,12,24-27,29H2,1-8H3,(H,45,49,50)/t38-,39+,40-,57?/m1/s1. The molecule has 0 aliphatic carbocycles. The molecule has 3 aromatic carbocycles. The summed E-state index contributed by atoms with van der Waals surface area (Å²) < 4.78 is 42.1. The molecular weight excluding hydrogens is 745 g/mol. The molecule has 13 nitrogen and oxygen atoms in total. The van der Waals surface area contributed by atoms with Crippen LogP contribution in [0.4, 0.5) is 0 Å². The second-order valence-electron chi connectivity index (χ2n) is 14.7. The minimum atomic E-state index is -1.68. The highest BCUT2D eigenvalue weighted by Gasteiger charge is 2.45. The van der Waals surface area contributed by atoms with Gasteiger partial charge in [-0.15, -0.1) is 0 Å². The number of aromatic amines is 1. The molecule has 0 radical (unpaired) electrons. The van der Waals surface area contributed by atoms with Gasteiger partial charge >= 0.3 is 5.69 Å². The molecule has 0 spiro atoms. The molecule has 5 rings (SSSR count). The highest BCUT2D eigenvalue weighted by Crippen LogP contribution is 2.51. The first-order valence-electron chi connectivity index (χ1n) is 19.3. The van der Waals surface area contributed by atoms with E-state index in [2.05, 4.69) is 43.4 Å². The van der Waals surface area contributed by atoms with E-state index in [0.717, 1.165) is 16.7 Å². The van der Waals surface area contributed by atoms with Gasteiger partial charge in [-0.25, -0.2) is 9.46 Å². The summed E-state index contributed by atoms with van der Waals surface area (Å²) in [5.41, 5.74) is 0.765. The minimum absolute atomic E-state index is 0.0387. The highest BCUT2D eigenvalue weighted by atomic mass is 31.2. The number of aromatic nitrogens is 2. The zero-order valence-electron chi connectivity index (χ0n) is 34.2. The van der Waals surface area contributed by atoms with Crippen molar-refractivity contribution in [3.63, 3.8) is 0 Å². The molecule has 4 aromatic rings. The fourth-order valence-corrected chi connectivity index (χ4v) is 8.85. The molecule has 0 saturated carbocycles. The molecule has 4 atom stereocenters. The van der Waals surface area contributed by atoms with Crippen molar-refractivity contribution in [2.45, 2.75) is 83.1 Å². The number of rotatable bonds is 20. The smallest absolute Gasteiger partial charge is 0.328 e. The van der Waals surface area contributed by atoms with Gasteiger partial charge in [0.25, 0.3) is 14.1 Å². The number of nitrogens with one attached hydrogen (secondary N) is 1. The van der Waals surface area contributed by atoms with Crippen molar-refractivity contribution in [1.29, 1.82) is 5.26 Å². The van der Waals surface area contributed by atoms with Crippen LogP contribution in [0.5, 0.6) is 11.5 Å². The molecule has 0 amide bonds. The van der Waals surface area contributed by atoms with Gasteiger partial charge in [0.05, 0.1) is 57.7 Å². The zero-order valence-corrected chi connectivity index (χ0v) is 35.1. The van der Waals surface area contributed by atoms with Crippen LogP contribution in [0.15, 0.2) is 94.6 Å². The predicted molar refractivity (Wildman–Crippen MR) is 220 cm³/mol. The van der Waals surface area contributed by atoms with Crippen LogP contribution in [0.1, 0.15) is 68.9 Å². The third kappa shape index (κ3) is 10.6. The number of hydrogen-bond donors (Lipinski definition) is 1. The lowest BCUT2D eigenvalue weighted by Gasteiger charge is -2.39. The molecule has 1 aliphatic heterocycles. The van der Waals surface area contributed by atoms with E-state index in [4.69, 9.17) is 28.0 Å². The molecule has 57 heavy (non-hydrogen) atoms. The number of benzene rings is 3. The molecule has 1 N–H and O–H groups in total. The second-order valence-corrected chi connectivity index (χ2v) is 16.2. The summed E-state index contributed by atoms with van der Waals surface area (Å²) in [6, 6.07) is 27.8.